The van der Waals surface area contributed by atoms with Crippen LogP contribution in [0.3, 0.4) is 0 Å². The van der Waals surface area contributed by atoms with Crippen molar-refractivity contribution in [3.63, 3.8) is 0 Å². The molecule has 2 N–H and O–H groups in total. The SMILES string of the molecule is COc1ccc2c3c([nH]c2c1)[C@H](CO)N(C(=O)c1ccccc1)CC31CN(S(=O)(=O)c2cccs2)C1. The Labute approximate surface area is 212 Å². The molecule has 8 nitrogen and oxygen atoms in total. The van der Waals surface area contributed by atoms with E-state index in [9.17, 15) is 18.3 Å². The quantitative estimate of drug-likeness (QED) is 0.418. The summed E-state index contributed by atoms with van der Waals surface area (Å²) >= 11 is 1.20. The molecular formula is C26H25N3O5S2. The number of nitrogens with zero attached hydrogens (tertiary/aromatic N) is 2. The Morgan fingerprint density at radius 1 is 1.14 bits per heavy atom. The minimum absolute atomic E-state index is 0.199. The number of thiophene rings is 1. The van der Waals surface area contributed by atoms with E-state index in [4.69, 9.17) is 4.74 Å². The van der Waals surface area contributed by atoms with Crippen molar-refractivity contribution in [2.75, 3.05) is 33.4 Å². The fourth-order valence-electron chi connectivity index (χ4n) is 5.56. The Balaban J connectivity index is 1.47. The van der Waals surface area contributed by atoms with Gasteiger partial charge in [-0.15, -0.1) is 11.3 Å². The summed E-state index contributed by atoms with van der Waals surface area (Å²) in [5.41, 5.74) is 2.45. The van der Waals surface area contributed by atoms with Crippen LogP contribution < -0.4 is 4.74 Å². The molecule has 0 unspecified atom stereocenters. The number of benzene rings is 2. The van der Waals surface area contributed by atoms with Gasteiger partial charge in [0, 0.05) is 53.3 Å². The fourth-order valence-corrected chi connectivity index (χ4v) is 8.32. The zero-order chi connectivity index (χ0) is 25.1. The Morgan fingerprint density at radius 2 is 1.92 bits per heavy atom. The minimum Gasteiger partial charge on any atom is -0.497 e. The molecule has 0 aliphatic carbocycles. The van der Waals surface area contributed by atoms with Crippen LogP contribution in [-0.2, 0) is 15.4 Å². The van der Waals surface area contributed by atoms with Crippen LogP contribution >= 0.6 is 11.3 Å². The summed E-state index contributed by atoms with van der Waals surface area (Å²) in [6, 6.07) is 17.4. The van der Waals surface area contributed by atoms with Gasteiger partial charge in [-0.1, -0.05) is 24.3 Å². The van der Waals surface area contributed by atoms with Crippen LogP contribution in [0.4, 0.5) is 0 Å². The van der Waals surface area contributed by atoms with E-state index in [1.54, 1.807) is 53.8 Å². The standard InChI is InChI=1S/C26H25N3O5S2/c1-34-18-9-10-19-20(12-18)27-24-21(13-30)29(25(31)17-6-3-2-4-7-17)16-26(23(19)24)14-28(15-26)36(32,33)22-8-5-11-35-22/h2-12,21,27,30H,13-16H2,1H3/t21-/m0/s1. The first kappa shape index (κ1) is 23.2. The number of nitrogens with one attached hydrogen (secondary N) is 1. The van der Waals surface area contributed by atoms with E-state index >= 15 is 0 Å². The zero-order valence-corrected chi connectivity index (χ0v) is 21.2. The van der Waals surface area contributed by atoms with E-state index in [0.717, 1.165) is 22.2 Å². The summed E-state index contributed by atoms with van der Waals surface area (Å²) in [4.78, 5) is 18.8. The van der Waals surface area contributed by atoms with Crippen molar-refractivity contribution in [1.82, 2.24) is 14.2 Å². The van der Waals surface area contributed by atoms with Gasteiger partial charge in [-0.05, 0) is 41.3 Å². The third-order valence-electron chi connectivity index (χ3n) is 7.25. The first-order valence-corrected chi connectivity index (χ1v) is 13.9. The maximum Gasteiger partial charge on any atom is 0.254 e. The molecule has 2 aromatic carbocycles. The second-order valence-corrected chi connectivity index (χ2v) is 12.4. The molecule has 6 rings (SSSR count). The number of methoxy groups -OCH3 is 1. The molecule has 2 aromatic heterocycles. The molecule has 4 heterocycles. The van der Waals surface area contributed by atoms with E-state index < -0.39 is 21.5 Å². The molecule has 2 aliphatic rings. The first-order valence-electron chi connectivity index (χ1n) is 11.6. The number of rotatable bonds is 5. The van der Waals surface area contributed by atoms with Crippen LogP contribution in [0.15, 0.2) is 70.3 Å². The van der Waals surface area contributed by atoms with Gasteiger partial charge in [-0.2, -0.15) is 4.31 Å². The van der Waals surface area contributed by atoms with Crippen molar-refractivity contribution in [1.29, 1.82) is 0 Å². The van der Waals surface area contributed by atoms with Crippen molar-refractivity contribution in [3.8, 4) is 5.75 Å². The molecule has 1 amide bonds. The van der Waals surface area contributed by atoms with Crippen molar-refractivity contribution in [2.24, 2.45) is 0 Å². The lowest BCUT2D eigenvalue weighted by atomic mass is 9.70. The topological polar surface area (TPSA) is 103 Å². The summed E-state index contributed by atoms with van der Waals surface area (Å²) in [7, 11) is -2.03. The minimum atomic E-state index is -3.62. The predicted octanol–water partition coefficient (Wildman–Crippen LogP) is 3.37. The number of hydrogen-bond donors (Lipinski definition) is 2. The molecule has 36 heavy (non-hydrogen) atoms. The Hall–Kier alpha value is -3.18. The van der Waals surface area contributed by atoms with E-state index in [1.165, 1.54) is 15.6 Å². The second-order valence-electron chi connectivity index (χ2n) is 9.31. The van der Waals surface area contributed by atoms with Crippen molar-refractivity contribution in [2.45, 2.75) is 15.7 Å². The van der Waals surface area contributed by atoms with Crippen LogP contribution in [0.1, 0.15) is 27.7 Å². The molecule has 1 saturated heterocycles. The third-order valence-corrected chi connectivity index (χ3v) is 10.4. The molecule has 0 bridgehead atoms. The lowest BCUT2D eigenvalue weighted by Crippen LogP contribution is -2.67. The Morgan fingerprint density at radius 3 is 2.58 bits per heavy atom. The molecule has 2 aliphatic heterocycles. The molecule has 4 aromatic rings. The van der Waals surface area contributed by atoms with Crippen LogP contribution in [-0.4, -0.2) is 67.0 Å². The van der Waals surface area contributed by atoms with E-state index in [1.807, 2.05) is 24.3 Å². The van der Waals surface area contributed by atoms with Gasteiger partial charge in [0.15, 0.2) is 0 Å². The molecule has 186 valence electrons. The van der Waals surface area contributed by atoms with Gasteiger partial charge < -0.3 is 19.7 Å². The highest BCUT2D eigenvalue weighted by Crippen LogP contribution is 2.50. The van der Waals surface area contributed by atoms with Gasteiger partial charge in [0.1, 0.15) is 9.96 Å². The summed E-state index contributed by atoms with van der Waals surface area (Å²) in [5.74, 6) is 0.485. The van der Waals surface area contributed by atoms with Crippen molar-refractivity contribution in [3.05, 3.63) is 82.9 Å². The number of aromatic amines is 1. The molecular weight excluding hydrogens is 498 g/mol. The Bertz CT molecular complexity index is 1540. The zero-order valence-electron chi connectivity index (χ0n) is 19.5. The van der Waals surface area contributed by atoms with Gasteiger partial charge in [-0.25, -0.2) is 8.42 Å². The van der Waals surface area contributed by atoms with Gasteiger partial charge >= 0.3 is 0 Å². The normalized spacial score (nSPS) is 19.3. The average Bonchev–Trinajstić information content (AvgIpc) is 3.55. The van der Waals surface area contributed by atoms with E-state index in [-0.39, 0.29) is 25.6 Å². The Kier molecular flexibility index (Phi) is 5.45. The highest BCUT2D eigenvalue weighted by molar-refractivity contribution is 7.91. The maximum atomic E-state index is 13.6. The number of sulfonamides is 1. The number of amides is 1. The number of H-pyrrole nitrogens is 1. The summed E-state index contributed by atoms with van der Waals surface area (Å²) in [6.45, 7) is 0.531. The number of ether oxygens (including phenoxy) is 1. The molecule has 1 spiro atoms. The van der Waals surface area contributed by atoms with Gasteiger partial charge in [-0.3, -0.25) is 4.79 Å². The van der Waals surface area contributed by atoms with Crippen LogP contribution in [0.5, 0.6) is 5.75 Å². The number of carbonyl (C=O) groups excluding carboxylic acids is 1. The predicted molar refractivity (Wildman–Crippen MR) is 137 cm³/mol. The number of hydrogen-bond acceptors (Lipinski definition) is 6. The number of aromatic nitrogens is 1. The van der Waals surface area contributed by atoms with Crippen molar-refractivity contribution < 1.29 is 23.1 Å². The van der Waals surface area contributed by atoms with Gasteiger partial charge in [0.05, 0.1) is 19.8 Å². The van der Waals surface area contributed by atoms with E-state index in [0.29, 0.717) is 22.1 Å². The molecule has 1 atom stereocenters. The molecule has 0 saturated carbocycles. The fraction of sp³-hybridized carbons (Fsp3) is 0.269. The second kappa shape index (κ2) is 8.45. The average molecular weight is 524 g/mol. The largest absolute Gasteiger partial charge is 0.497 e. The monoisotopic (exact) mass is 523 g/mol. The summed E-state index contributed by atoms with van der Waals surface area (Å²) in [5, 5.41) is 13.2. The van der Waals surface area contributed by atoms with Gasteiger partial charge in [0.2, 0.25) is 0 Å². The first-order chi connectivity index (χ1) is 17.4. The highest BCUT2D eigenvalue weighted by Gasteiger charge is 2.56. The van der Waals surface area contributed by atoms with Crippen LogP contribution in [0.25, 0.3) is 10.9 Å². The number of aliphatic hydroxyl groups excluding tert-OH is 1. The van der Waals surface area contributed by atoms with Crippen molar-refractivity contribution >= 4 is 38.2 Å². The summed E-state index contributed by atoms with van der Waals surface area (Å²) in [6.07, 6.45) is 0. The lowest BCUT2D eigenvalue weighted by molar-refractivity contribution is 0.0248. The molecule has 0 radical (unpaired) electrons. The smallest absolute Gasteiger partial charge is 0.254 e. The summed E-state index contributed by atoms with van der Waals surface area (Å²) < 4.78 is 33.7. The van der Waals surface area contributed by atoms with Gasteiger partial charge in [0.25, 0.3) is 15.9 Å². The molecule has 1 fully saturated rings. The van der Waals surface area contributed by atoms with Crippen LogP contribution in [0.2, 0.25) is 0 Å². The number of carbonyl (C=O) groups is 1. The third kappa shape index (κ3) is 3.40. The molecule has 10 heteroatoms. The lowest BCUT2D eigenvalue weighted by Gasteiger charge is -2.55. The van der Waals surface area contributed by atoms with E-state index in [2.05, 4.69) is 4.98 Å². The number of fused-ring (bicyclic) bond motifs is 4. The van der Waals surface area contributed by atoms with Crippen LogP contribution in [0, 0.1) is 0 Å². The number of aliphatic hydroxyl groups is 1. The highest BCUT2D eigenvalue weighted by atomic mass is 32.2. The maximum absolute atomic E-state index is 13.6.